The maximum absolute atomic E-state index is 13.8. The summed E-state index contributed by atoms with van der Waals surface area (Å²) in [5, 5.41) is 19.1. The lowest BCUT2D eigenvalue weighted by Gasteiger charge is -2.41. The Labute approximate surface area is 230 Å². The Morgan fingerprint density at radius 2 is 1.88 bits per heavy atom. The molecular formula is C28H33F3N8O. The molecule has 2 atom stereocenters. The number of H-pyrrole nitrogens is 1. The Morgan fingerprint density at radius 3 is 2.55 bits per heavy atom. The van der Waals surface area contributed by atoms with E-state index in [1.807, 2.05) is 44.2 Å². The fourth-order valence-corrected chi connectivity index (χ4v) is 5.37. The van der Waals surface area contributed by atoms with Crippen LogP contribution in [0.3, 0.4) is 0 Å². The molecule has 212 valence electrons. The number of halogens is 3. The topological polar surface area (TPSA) is 111 Å². The number of benzene rings is 2. The third-order valence-corrected chi connectivity index (χ3v) is 7.20. The van der Waals surface area contributed by atoms with Crippen LogP contribution in [0.2, 0.25) is 0 Å². The molecule has 1 fully saturated rings. The molecule has 1 aliphatic heterocycles. The van der Waals surface area contributed by atoms with Gasteiger partial charge in [0.15, 0.2) is 0 Å². The minimum absolute atomic E-state index is 0.0229. The Bertz CT molecular complexity index is 1430. The Hall–Kier alpha value is -3.61. The smallest absolute Gasteiger partial charge is 0.372 e. The van der Waals surface area contributed by atoms with Crippen LogP contribution in [-0.2, 0) is 36.7 Å². The first-order valence-corrected chi connectivity index (χ1v) is 13.2. The normalized spacial score (nSPS) is 18.8. The Balaban J connectivity index is 1.43. The van der Waals surface area contributed by atoms with Gasteiger partial charge in [0.25, 0.3) is 0 Å². The first-order chi connectivity index (χ1) is 19.0. The van der Waals surface area contributed by atoms with Crippen molar-refractivity contribution in [3.8, 4) is 11.3 Å². The predicted octanol–water partition coefficient (Wildman–Crippen LogP) is 4.74. The van der Waals surface area contributed by atoms with E-state index >= 15 is 0 Å². The van der Waals surface area contributed by atoms with Gasteiger partial charge in [-0.15, -0.1) is 5.10 Å². The average molecular weight is 555 g/mol. The zero-order valence-corrected chi connectivity index (χ0v) is 22.7. The largest absolute Gasteiger partial charge is 0.416 e. The van der Waals surface area contributed by atoms with E-state index in [4.69, 9.17) is 10.5 Å². The molecule has 0 aliphatic carbocycles. The van der Waals surface area contributed by atoms with Crippen LogP contribution in [0.5, 0.6) is 0 Å². The average Bonchev–Trinajstić information content (AvgIpc) is 3.56. The zero-order chi connectivity index (χ0) is 28.5. The maximum Gasteiger partial charge on any atom is 0.416 e. The Morgan fingerprint density at radius 1 is 1.10 bits per heavy atom. The molecule has 1 aliphatic rings. The third-order valence-electron chi connectivity index (χ3n) is 7.20. The van der Waals surface area contributed by atoms with Gasteiger partial charge in [-0.1, -0.05) is 35.5 Å². The number of hydrogen-bond acceptors (Lipinski definition) is 7. The van der Waals surface area contributed by atoms with Crippen molar-refractivity contribution >= 4 is 0 Å². The van der Waals surface area contributed by atoms with E-state index in [9.17, 15) is 13.2 Å². The minimum atomic E-state index is -4.50. The number of likely N-dealkylation sites (tertiary alicyclic amines) is 1. The van der Waals surface area contributed by atoms with Gasteiger partial charge in [-0.2, -0.15) is 28.6 Å². The number of aromatic amines is 1. The molecule has 40 heavy (non-hydrogen) atoms. The van der Waals surface area contributed by atoms with Crippen molar-refractivity contribution in [3.63, 3.8) is 0 Å². The summed E-state index contributed by atoms with van der Waals surface area (Å²) in [7, 11) is 1.64. The quantitative estimate of drug-likeness (QED) is 0.324. The van der Waals surface area contributed by atoms with E-state index in [-0.39, 0.29) is 18.8 Å². The van der Waals surface area contributed by atoms with E-state index < -0.39 is 17.3 Å². The first kappa shape index (κ1) is 27.9. The highest BCUT2D eigenvalue weighted by molar-refractivity contribution is 5.61. The molecule has 9 nitrogen and oxygen atoms in total. The number of hydrogen-bond donors (Lipinski definition) is 2. The van der Waals surface area contributed by atoms with Crippen LogP contribution in [0.15, 0.2) is 54.7 Å². The number of alkyl halides is 3. The monoisotopic (exact) mass is 554 g/mol. The fraction of sp³-hybridized carbons (Fsp3) is 0.429. The highest BCUT2D eigenvalue weighted by Gasteiger charge is 2.36. The van der Waals surface area contributed by atoms with Gasteiger partial charge in [-0.3, -0.25) is 4.90 Å². The number of aryl methyl sites for hydroxylation is 1. The van der Waals surface area contributed by atoms with E-state index in [1.54, 1.807) is 13.1 Å². The lowest BCUT2D eigenvalue weighted by atomic mass is 9.91. The van der Waals surface area contributed by atoms with Crippen molar-refractivity contribution in [1.29, 1.82) is 0 Å². The molecule has 0 saturated carbocycles. The molecule has 3 N–H and O–H groups in total. The highest BCUT2D eigenvalue weighted by Crippen LogP contribution is 2.37. The molecule has 2 aromatic heterocycles. The lowest BCUT2D eigenvalue weighted by molar-refractivity contribution is -0.137. The van der Waals surface area contributed by atoms with Crippen molar-refractivity contribution in [2.45, 2.75) is 63.7 Å². The van der Waals surface area contributed by atoms with Gasteiger partial charge in [0, 0.05) is 19.2 Å². The van der Waals surface area contributed by atoms with Crippen LogP contribution in [0.25, 0.3) is 11.3 Å². The van der Waals surface area contributed by atoms with Gasteiger partial charge < -0.3 is 10.5 Å². The molecule has 1 saturated heterocycles. The number of piperidine rings is 1. The molecule has 12 heteroatoms. The van der Waals surface area contributed by atoms with E-state index in [2.05, 4.69) is 30.6 Å². The highest BCUT2D eigenvalue weighted by atomic mass is 19.4. The summed E-state index contributed by atoms with van der Waals surface area (Å²) in [6.45, 7) is 5.10. The molecule has 2 unspecified atom stereocenters. The number of nitrogens with one attached hydrogen (secondary N) is 1. The molecular weight excluding hydrogens is 521 g/mol. The summed E-state index contributed by atoms with van der Waals surface area (Å²) >= 11 is 0. The number of rotatable bonds is 8. The van der Waals surface area contributed by atoms with Gasteiger partial charge in [0.05, 0.1) is 41.7 Å². The second-order valence-corrected chi connectivity index (χ2v) is 10.8. The second kappa shape index (κ2) is 11.1. The van der Waals surface area contributed by atoms with Crippen molar-refractivity contribution < 1.29 is 17.9 Å². The molecule has 0 bridgehead atoms. The standard InChI is InChI=1S/C28H33F3N8O/c1-27(2,32)26-22(34-36-35-26)16-39-11-7-10-24(25(39)19-8-5-4-6-9-19)40-17-18-12-20(23-15-33-37-38(23)3)14-21(13-18)28(29,30)31/h4-6,8-9,12-15,24-25H,7,10-11,16-17,32H2,1-3H3,(H,34,35,36). The SMILES string of the molecule is Cn1nncc1-c1cc(COC2CCCN(Cc3n[nH]nc3C(C)(C)N)C2c2ccccc2)cc(C(F)(F)F)c1. The van der Waals surface area contributed by atoms with E-state index in [0.29, 0.717) is 29.1 Å². The van der Waals surface area contributed by atoms with Crippen LogP contribution in [0.1, 0.15) is 60.8 Å². The summed E-state index contributed by atoms with van der Waals surface area (Å²) in [6, 6.07) is 13.8. The molecule has 2 aromatic carbocycles. The van der Waals surface area contributed by atoms with Crippen molar-refractivity contribution in [1.82, 2.24) is 35.3 Å². The fourth-order valence-electron chi connectivity index (χ4n) is 5.37. The summed E-state index contributed by atoms with van der Waals surface area (Å²) in [5.74, 6) is 0. The maximum atomic E-state index is 13.8. The molecule has 0 radical (unpaired) electrons. The van der Waals surface area contributed by atoms with E-state index in [1.165, 1.54) is 10.9 Å². The van der Waals surface area contributed by atoms with Gasteiger partial charge >= 0.3 is 6.18 Å². The summed E-state index contributed by atoms with van der Waals surface area (Å²) in [5.41, 5.74) is 8.76. The van der Waals surface area contributed by atoms with Gasteiger partial charge in [-0.05, 0) is 62.6 Å². The molecule has 0 amide bonds. The predicted molar refractivity (Wildman–Crippen MR) is 142 cm³/mol. The minimum Gasteiger partial charge on any atom is -0.372 e. The van der Waals surface area contributed by atoms with Crippen LogP contribution in [0.4, 0.5) is 13.2 Å². The number of nitrogens with two attached hydrogens (primary N) is 1. The molecule has 5 rings (SSSR count). The van der Waals surface area contributed by atoms with Gasteiger partial charge in [0.1, 0.15) is 11.4 Å². The lowest BCUT2D eigenvalue weighted by Crippen LogP contribution is -2.43. The molecule has 3 heterocycles. The van der Waals surface area contributed by atoms with Crippen LogP contribution in [-0.4, -0.2) is 48.0 Å². The van der Waals surface area contributed by atoms with Gasteiger partial charge in [0.2, 0.25) is 0 Å². The summed E-state index contributed by atoms with van der Waals surface area (Å²) in [6.07, 6.45) is -1.68. The molecule has 4 aromatic rings. The third kappa shape index (κ3) is 6.08. The summed E-state index contributed by atoms with van der Waals surface area (Å²) < 4.78 is 49.3. The van der Waals surface area contributed by atoms with E-state index in [0.717, 1.165) is 42.8 Å². The second-order valence-electron chi connectivity index (χ2n) is 10.8. The van der Waals surface area contributed by atoms with Crippen LogP contribution >= 0.6 is 0 Å². The summed E-state index contributed by atoms with van der Waals surface area (Å²) in [4.78, 5) is 2.29. The van der Waals surface area contributed by atoms with Gasteiger partial charge in [-0.25, -0.2) is 4.68 Å². The number of nitrogens with zero attached hydrogens (tertiary/aromatic N) is 6. The zero-order valence-electron chi connectivity index (χ0n) is 22.7. The van der Waals surface area contributed by atoms with Crippen LogP contribution < -0.4 is 5.73 Å². The molecule has 0 spiro atoms. The first-order valence-electron chi connectivity index (χ1n) is 13.2. The van der Waals surface area contributed by atoms with Crippen LogP contribution in [0, 0.1) is 0 Å². The van der Waals surface area contributed by atoms with Crippen molar-refractivity contribution in [2.24, 2.45) is 12.8 Å². The number of ether oxygens (including phenoxy) is 1. The van der Waals surface area contributed by atoms with Crippen molar-refractivity contribution in [2.75, 3.05) is 6.54 Å². The Kier molecular flexibility index (Phi) is 7.76. The van der Waals surface area contributed by atoms with Crippen molar-refractivity contribution in [3.05, 3.63) is 82.8 Å². The number of aromatic nitrogens is 6.